The van der Waals surface area contributed by atoms with E-state index in [0.29, 0.717) is 21.8 Å². The summed E-state index contributed by atoms with van der Waals surface area (Å²) in [5.41, 5.74) is 1.02. The number of nitrogens with one attached hydrogen (secondary N) is 2. The van der Waals surface area contributed by atoms with Crippen molar-refractivity contribution in [2.75, 3.05) is 36.4 Å². The molecule has 2 amide bonds. The molecule has 0 bridgehead atoms. The first kappa shape index (κ1) is 37.5. The average Bonchev–Trinajstić information content (AvgIpc) is 3.19. The second-order valence-electron chi connectivity index (χ2n) is 11.5. The topological polar surface area (TPSA) is 181 Å². The fraction of sp³-hybridized carbons (Fsp3) is 0.158. The number of esters is 2. The lowest BCUT2D eigenvalue weighted by molar-refractivity contribution is -0.114. The Morgan fingerprint density at radius 1 is 0.574 bits per heavy atom. The van der Waals surface area contributed by atoms with Crippen LogP contribution in [0.15, 0.2) is 117 Å². The van der Waals surface area contributed by atoms with Crippen molar-refractivity contribution in [2.45, 2.75) is 23.4 Å². The van der Waals surface area contributed by atoms with Crippen LogP contribution in [0.2, 0.25) is 0 Å². The number of fused-ring (bicyclic) bond motifs is 2. The fourth-order valence-corrected chi connectivity index (χ4v) is 7.15. The standard InChI is InChI=1S/C38H32N6O8S2/c1-51-35(49)25-13-5-9-17-29(25)39-31(45)21-53-37-41-27-15-7-3-11-23(27)33(47)43(37)19-20-44-34(48)24-12-4-8-16-28(24)42-38(44)54-22-32(46)40-30-18-10-6-14-26(30)36(50)52-2/h3-18H,19-22H2,1-2H3,(H,39,45)(H,40,46). The SMILES string of the molecule is COC(=O)c1ccccc1NC(=O)CSc1nc2ccccc2c(=O)n1CCn1c(SCC(=O)Nc2ccccc2C(=O)OC)nc2ccccc2c1=O. The number of methoxy groups -OCH3 is 2. The summed E-state index contributed by atoms with van der Waals surface area (Å²) in [5.74, 6) is -2.44. The lowest BCUT2D eigenvalue weighted by atomic mass is 10.2. The number of aromatic nitrogens is 4. The van der Waals surface area contributed by atoms with Crippen molar-refractivity contribution in [2.24, 2.45) is 0 Å². The highest BCUT2D eigenvalue weighted by molar-refractivity contribution is 8.00. The molecule has 54 heavy (non-hydrogen) atoms. The number of hydrogen-bond acceptors (Lipinski definition) is 12. The molecule has 0 aliphatic carbocycles. The van der Waals surface area contributed by atoms with Crippen molar-refractivity contribution in [3.8, 4) is 0 Å². The van der Waals surface area contributed by atoms with Gasteiger partial charge in [-0.25, -0.2) is 19.6 Å². The number of benzene rings is 4. The summed E-state index contributed by atoms with van der Waals surface area (Å²) < 4.78 is 12.4. The Bertz CT molecular complexity index is 2360. The van der Waals surface area contributed by atoms with E-state index in [0.717, 1.165) is 23.5 Å². The van der Waals surface area contributed by atoms with E-state index in [4.69, 9.17) is 9.47 Å². The van der Waals surface area contributed by atoms with Crippen LogP contribution in [-0.4, -0.2) is 68.6 Å². The number of carbonyl (C=O) groups is 4. The number of para-hydroxylation sites is 4. The molecule has 4 aromatic carbocycles. The third-order valence-electron chi connectivity index (χ3n) is 8.08. The van der Waals surface area contributed by atoms with E-state index >= 15 is 0 Å². The Hall–Kier alpha value is -6.26. The predicted molar refractivity (Wildman–Crippen MR) is 206 cm³/mol. The molecule has 274 valence electrons. The summed E-state index contributed by atoms with van der Waals surface area (Å²) in [4.78, 5) is 87.8. The molecular formula is C38H32N6O8S2. The maximum Gasteiger partial charge on any atom is 0.339 e. The van der Waals surface area contributed by atoms with E-state index in [2.05, 4.69) is 20.6 Å². The molecule has 2 N–H and O–H groups in total. The number of ether oxygens (including phenoxy) is 2. The normalized spacial score (nSPS) is 10.9. The Kier molecular flexibility index (Phi) is 11.8. The van der Waals surface area contributed by atoms with Gasteiger partial charge in [-0.3, -0.25) is 28.3 Å². The van der Waals surface area contributed by atoms with Gasteiger partial charge in [-0.2, -0.15) is 0 Å². The first-order chi connectivity index (χ1) is 26.2. The van der Waals surface area contributed by atoms with Crippen molar-refractivity contribution in [3.63, 3.8) is 0 Å². The monoisotopic (exact) mass is 764 g/mol. The molecular weight excluding hydrogens is 733 g/mol. The van der Waals surface area contributed by atoms with Gasteiger partial charge in [-0.1, -0.05) is 72.1 Å². The van der Waals surface area contributed by atoms with Crippen molar-refractivity contribution < 1.29 is 28.7 Å². The third-order valence-corrected chi connectivity index (χ3v) is 10.0. The highest BCUT2D eigenvalue weighted by Crippen LogP contribution is 2.23. The quantitative estimate of drug-likeness (QED) is 0.0930. The zero-order chi connectivity index (χ0) is 38.2. The number of nitrogens with zero attached hydrogens (tertiary/aromatic N) is 4. The molecule has 14 nitrogen and oxygen atoms in total. The maximum absolute atomic E-state index is 13.9. The number of thioether (sulfide) groups is 2. The van der Waals surface area contributed by atoms with Crippen molar-refractivity contribution >= 4 is 80.5 Å². The molecule has 2 aromatic heterocycles. The summed E-state index contributed by atoms with van der Waals surface area (Å²) in [5, 5.41) is 6.60. The molecule has 0 unspecified atom stereocenters. The molecule has 16 heteroatoms. The number of amides is 2. The van der Waals surface area contributed by atoms with Crippen LogP contribution in [-0.2, 0) is 32.2 Å². The van der Waals surface area contributed by atoms with Gasteiger partial charge in [0.05, 0.1) is 70.0 Å². The van der Waals surface area contributed by atoms with E-state index in [9.17, 15) is 28.8 Å². The molecule has 0 saturated carbocycles. The Morgan fingerprint density at radius 2 is 0.944 bits per heavy atom. The van der Waals surface area contributed by atoms with E-state index in [1.54, 1.807) is 84.9 Å². The Morgan fingerprint density at radius 3 is 1.35 bits per heavy atom. The van der Waals surface area contributed by atoms with Gasteiger partial charge in [-0.15, -0.1) is 0 Å². The highest BCUT2D eigenvalue weighted by Gasteiger charge is 2.19. The van der Waals surface area contributed by atoms with Gasteiger partial charge in [0.15, 0.2) is 10.3 Å². The van der Waals surface area contributed by atoms with Gasteiger partial charge in [0.25, 0.3) is 11.1 Å². The maximum atomic E-state index is 13.9. The molecule has 6 rings (SSSR count). The highest BCUT2D eigenvalue weighted by atomic mass is 32.2. The summed E-state index contributed by atoms with van der Waals surface area (Å²) in [6, 6.07) is 26.5. The van der Waals surface area contributed by atoms with Crippen molar-refractivity contribution in [1.82, 2.24) is 19.1 Å². The molecule has 0 spiro atoms. The van der Waals surface area contributed by atoms with Gasteiger partial charge in [0.2, 0.25) is 11.8 Å². The van der Waals surface area contributed by atoms with E-state index in [1.165, 1.54) is 35.5 Å². The van der Waals surface area contributed by atoms with Gasteiger partial charge >= 0.3 is 11.9 Å². The Balaban J connectivity index is 1.26. The van der Waals surface area contributed by atoms with Crippen LogP contribution < -0.4 is 21.8 Å². The van der Waals surface area contributed by atoms with Gasteiger partial charge in [0.1, 0.15) is 0 Å². The first-order valence-corrected chi connectivity index (χ1v) is 18.3. The second-order valence-corrected chi connectivity index (χ2v) is 13.4. The summed E-state index contributed by atoms with van der Waals surface area (Å²) >= 11 is 2.04. The second kappa shape index (κ2) is 17.0. The van der Waals surface area contributed by atoms with Gasteiger partial charge in [0, 0.05) is 13.1 Å². The third kappa shape index (κ3) is 8.35. The average molecular weight is 765 g/mol. The smallest absolute Gasteiger partial charge is 0.339 e. The van der Waals surface area contributed by atoms with Crippen LogP contribution in [0.4, 0.5) is 11.4 Å². The molecule has 2 heterocycles. The fourth-order valence-electron chi connectivity index (χ4n) is 5.50. The van der Waals surface area contributed by atoms with E-state index < -0.39 is 23.8 Å². The molecule has 0 saturated heterocycles. The van der Waals surface area contributed by atoms with E-state index in [-0.39, 0.29) is 68.5 Å². The van der Waals surface area contributed by atoms with Crippen molar-refractivity contribution in [1.29, 1.82) is 0 Å². The number of rotatable bonds is 13. The van der Waals surface area contributed by atoms with Crippen LogP contribution in [0.3, 0.4) is 0 Å². The molecule has 0 aliphatic rings. The Labute approximate surface area is 315 Å². The molecule has 0 radical (unpaired) electrons. The van der Waals surface area contributed by atoms with E-state index in [1.807, 2.05) is 0 Å². The lowest BCUT2D eigenvalue weighted by Gasteiger charge is -2.17. The van der Waals surface area contributed by atoms with Gasteiger partial charge in [-0.05, 0) is 48.5 Å². The minimum absolute atomic E-state index is 0.0298. The van der Waals surface area contributed by atoms with Crippen LogP contribution in [0.5, 0.6) is 0 Å². The first-order valence-electron chi connectivity index (χ1n) is 16.4. The summed E-state index contributed by atoms with van der Waals surface area (Å²) in [7, 11) is 2.49. The lowest BCUT2D eigenvalue weighted by Crippen LogP contribution is -2.30. The zero-order valence-electron chi connectivity index (χ0n) is 28.9. The zero-order valence-corrected chi connectivity index (χ0v) is 30.6. The molecule has 0 fully saturated rings. The minimum atomic E-state index is -0.607. The van der Waals surface area contributed by atoms with Crippen LogP contribution in [0, 0.1) is 0 Å². The van der Waals surface area contributed by atoms with Crippen LogP contribution >= 0.6 is 23.5 Å². The molecule has 0 atom stereocenters. The summed E-state index contributed by atoms with van der Waals surface area (Å²) in [6.45, 7) is -0.0596. The number of hydrogen-bond donors (Lipinski definition) is 2. The molecule has 6 aromatic rings. The van der Waals surface area contributed by atoms with Crippen LogP contribution in [0.25, 0.3) is 21.8 Å². The van der Waals surface area contributed by atoms with Crippen molar-refractivity contribution in [3.05, 3.63) is 129 Å². The minimum Gasteiger partial charge on any atom is -0.465 e. The van der Waals surface area contributed by atoms with Crippen LogP contribution in [0.1, 0.15) is 20.7 Å². The number of carbonyl (C=O) groups excluding carboxylic acids is 4. The number of anilines is 2. The largest absolute Gasteiger partial charge is 0.465 e. The summed E-state index contributed by atoms with van der Waals surface area (Å²) in [6.07, 6.45) is 0. The van der Waals surface area contributed by atoms with Gasteiger partial charge < -0.3 is 20.1 Å². The molecule has 0 aliphatic heterocycles. The predicted octanol–water partition coefficient (Wildman–Crippen LogP) is 4.84.